The lowest BCUT2D eigenvalue weighted by Gasteiger charge is -2.26. The molecule has 2 unspecified atom stereocenters. The molecular formula is C10H15FO2. The van der Waals surface area contributed by atoms with Crippen molar-refractivity contribution in [3.05, 3.63) is 11.4 Å². The molecule has 0 aromatic heterocycles. The molecule has 1 saturated carbocycles. The second kappa shape index (κ2) is 3.90. The highest BCUT2D eigenvalue weighted by molar-refractivity contribution is 5.85. The molecule has 0 aromatic carbocycles. The third-order valence-electron chi connectivity index (χ3n) is 2.73. The van der Waals surface area contributed by atoms with Gasteiger partial charge in [-0.25, -0.2) is 4.79 Å². The Morgan fingerprint density at radius 3 is 2.62 bits per heavy atom. The van der Waals surface area contributed by atoms with E-state index in [0.717, 1.165) is 12.8 Å². The van der Waals surface area contributed by atoms with E-state index in [1.807, 2.05) is 6.92 Å². The predicted molar refractivity (Wildman–Crippen MR) is 47.9 cm³/mol. The molecule has 0 amide bonds. The summed E-state index contributed by atoms with van der Waals surface area (Å²) in [6.07, 6.45) is 2.40. The first-order valence-electron chi connectivity index (χ1n) is 4.64. The number of rotatable bonds is 1. The summed E-state index contributed by atoms with van der Waals surface area (Å²) in [6, 6.07) is 0. The van der Waals surface area contributed by atoms with Gasteiger partial charge in [0.05, 0.1) is 0 Å². The fourth-order valence-corrected chi connectivity index (χ4v) is 1.98. The van der Waals surface area contributed by atoms with Crippen LogP contribution < -0.4 is 0 Å². The second-order valence-corrected chi connectivity index (χ2v) is 3.92. The fourth-order valence-electron chi connectivity index (χ4n) is 1.98. The SMILES string of the molecule is CC1CCC(=C(F)C(=O)O)C(C)C1. The van der Waals surface area contributed by atoms with Crippen molar-refractivity contribution in [2.75, 3.05) is 0 Å². The zero-order chi connectivity index (χ0) is 10.0. The van der Waals surface area contributed by atoms with Crippen LogP contribution in [0.4, 0.5) is 4.39 Å². The highest BCUT2D eigenvalue weighted by atomic mass is 19.1. The third kappa shape index (κ3) is 2.29. The molecule has 0 aliphatic heterocycles. The standard InChI is InChI=1S/C10H15FO2/c1-6-3-4-8(7(2)5-6)9(11)10(12)13/h6-7H,3-5H2,1-2H3,(H,12,13). The monoisotopic (exact) mass is 186 g/mol. The van der Waals surface area contributed by atoms with Crippen molar-refractivity contribution in [2.45, 2.75) is 33.1 Å². The molecular weight excluding hydrogens is 171 g/mol. The molecule has 2 nitrogen and oxygen atoms in total. The van der Waals surface area contributed by atoms with Gasteiger partial charge in [0, 0.05) is 0 Å². The summed E-state index contributed by atoms with van der Waals surface area (Å²) in [5.41, 5.74) is 0.491. The molecule has 0 saturated heterocycles. The van der Waals surface area contributed by atoms with Crippen LogP contribution in [0.25, 0.3) is 0 Å². The predicted octanol–water partition coefficient (Wildman–Crippen LogP) is 2.75. The first kappa shape index (κ1) is 10.2. The number of allylic oxidation sites excluding steroid dienone is 1. The lowest BCUT2D eigenvalue weighted by Crippen LogP contribution is -2.16. The Morgan fingerprint density at radius 2 is 2.15 bits per heavy atom. The summed E-state index contributed by atoms with van der Waals surface area (Å²) in [5.74, 6) is -1.68. The van der Waals surface area contributed by atoms with E-state index in [2.05, 4.69) is 6.92 Å². The Bertz CT molecular complexity index is 245. The molecule has 74 valence electrons. The summed E-state index contributed by atoms with van der Waals surface area (Å²) in [5, 5.41) is 8.49. The normalized spacial score (nSPS) is 32.8. The zero-order valence-corrected chi connectivity index (χ0v) is 8.01. The number of hydrogen-bond donors (Lipinski definition) is 1. The van der Waals surface area contributed by atoms with Gasteiger partial charge in [-0.15, -0.1) is 0 Å². The molecule has 0 aromatic rings. The lowest BCUT2D eigenvalue weighted by atomic mass is 9.79. The average molecular weight is 186 g/mol. The van der Waals surface area contributed by atoms with Crippen LogP contribution in [0.3, 0.4) is 0 Å². The van der Waals surface area contributed by atoms with E-state index in [0.29, 0.717) is 17.9 Å². The van der Waals surface area contributed by atoms with Gasteiger partial charge in [0.2, 0.25) is 5.83 Å². The third-order valence-corrected chi connectivity index (χ3v) is 2.73. The molecule has 1 rings (SSSR count). The molecule has 13 heavy (non-hydrogen) atoms. The van der Waals surface area contributed by atoms with Gasteiger partial charge in [-0.1, -0.05) is 13.8 Å². The Balaban J connectivity index is 2.81. The minimum absolute atomic E-state index is 0.0832. The zero-order valence-electron chi connectivity index (χ0n) is 8.01. The number of carbonyl (C=O) groups is 1. The fraction of sp³-hybridized carbons (Fsp3) is 0.700. The van der Waals surface area contributed by atoms with Crippen LogP contribution in [0.1, 0.15) is 33.1 Å². The number of carboxylic acid groups (broad SMARTS) is 1. The van der Waals surface area contributed by atoms with E-state index >= 15 is 0 Å². The number of hydrogen-bond acceptors (Lipinski definition) is 1. The minimum atomic E-state index is -1.42. The van der Waals surface area contributed by atoms with Gasteiger partial charge in [-0.2, -0.15) is 4.39 Å². The molecule has 2 atom stereocenters. The van der Waals surface area contributed by atoms with Crippen LogP contribution in [-0.2, 0) is 4.79 Å². The lowest BCUT2D eigenvalue weighted by molar-refractivity contribution is -0.134. The number of aliphatic carboxylic acids is 1. The molecule has 1 aliphatic carbocycles. The molecule has 0 heterocycles. The Hall–Kier alpha value is -0.860. The Morgan fingerprint density at radius 1 is 1.54 bits per heavy atom. The van der Waals surface area contributed by atoms with E-state index in [-0.39, 0.29) is 5.92 Å². The number of carboxylic acids is 1. The van der Waals surface area contributed by atoms with E-state index in [4.69, 9.17) is 5.11 Å². The van der Waals surface area contributed by atoms with Crippen LogP contribution in [0, 0.1) is 11.8 Å². The average Bonchev–Trinajstić information content (AvgIpc) is 2.03. The van der Waals surface area contributed by atoms with Gasteiger partial charge < -0.3 is 5.11 Å². The van der Waals surface area contributed by atoms with Gasteiger partial charge >= 0.3 is 5.97 Å². The summed E-state index contributed by atoms with van der Waals surface area (Å²) < 4.78 is 13.1. The van der Waals surface area contributed by atoms with Crippen molar-refractivity contribution in [3.63, 3.8) is 0 Å². The number of halogens is 1. The molecule has 1 aliphatic rings. The van der Waals surface area contributed by atoms with Crippen molar-refractivity contribution in [3.8, 4) is 0 Å². The summed E-state index contributed by atoms with van der Waals surface area (Å²) in [6.45, 7) is 4.01. The minimum Gasteiger partial charge on any atom is -0.476 e. The van der Waals surface area contributed by atoms with Crippen LogP contribution in [0.5, 0.6) is 0 Å². The maximum Gasteiger partial charge on any atom is 0.364 e. The summed E-state index contributed by atoms with van der Waals surface area (Å²) >= 11 is 0. The van der Waals surface area contributed by atoms with E-state index in [1.54, 1.807) is 0 Å². The van der Waals surface area contributed by atoms with E-state index < -0.39 is 11.8 Å². The van der Waals surface area contributed by atoms with Crippen LogP contribution in [-0.4, -0.2) is 11.1 Å². The van der Waals surface area contributed by atoms with Crippen molar-refractivity contribution in [1.82, 2.24) is 0 Å². The van der Waals surface area contributed by atoms with Gasteiger partial charge in [-0.05, 0) is 36.7 Å². The maximum absolute atomic E-state index is 13.1. The Kier molecular flexibility index (Phi) is 3.07. The first-order valence-corrected chi connectivity index (χ1v) is 4.64. The van der Waals surface area contributed by atoms with Crippen molar-refractivity contribution >= 4 is 5.97 Å². The van der Waals surface area contributed by atoms with E-state index in [1.165, 1.54) is 0 Å². The van der Waals surface area contributed by atoms with Crippen molar-refractivity contribution in [2.24, 2.45) is 11.8 Å². The highest BCUT2D eigenvalue weighted by Crippen LogP contribution is 2.34. The maximum atomic E-state index is 13.1. The molecule has 1 fully saturated rings. The molecule has 0 radical (unpaired) electrons. The van der Waals surface area contributed by atoms with Crippen molar-refractivity contribution < 1.29 is 14.3 Å². The van der Waals surface area contributed by atoms with Crippen LogP contribution in [0.2, 0.25) is 0 Å². The van der Waals surface area contributed by atoms with E-state index in [9.17, 15) is 9.18 Å². The van der Waals surface area contributed by atoms with Gasteiger partial charge in [-0.3, -0.25) is 0 Å². The van der Waals surface area contributed by atoms with Gasteiger partial charge in [0.1, 0.15) is 0 Å². The van der Waals surface area contributed by atoms with Gasteiger partial charge in [0.25, 0.3) is 0 Å². The highest BCUT2D eigenvalue weighted by Gasteiger charge is 2.25. The first-order chi connectivity index (χ1) is 6.02. The summed E-state index contributed by atoms with van der Waals surface area (Å²) in [7, 11) is 0. The van der Waals surface area contributed by atoms with Crippen LogP contribution >= 0.6 is 0 Å². The van der Waals surface area contributed by atoms with Crippen LogP contribution in [0.15, 0.2) is 11.4 Å². The Labute approximate surface area is 77.4 Å². The van der Waals surface area contributed by atoms with Gasteiger partial charge in [0.15, 0.2) is 0 Å². The quantitative estimate of drug-likeness (QED) is 0.639. The molecule has 0 spiro atoms. The van der Waals surface area contributed by atoms with Crippen molar-refractivity contribution in [1.29, 1.82) is 0 Å². The second-order valence-electron chi connectivity index (χ2n) is 3.92. The molecule has 1 N–H and O–H groups in total. The smallest absolute Gasteiger partial charge is 0.364 e. The largest absolute Gasteiger partial charge is 0.476 e. The topological polar surface area (TPSA) is 37.3 Å². The molecule has 3 heteroatoms. The summed E-state index contributed by atoms with van der Waals surface area (Å²) in [4.78, 5) is 10.4. The molecule has 0 bridgehead atoms.